The lowest BCUT2D eigenvalue weighted by Gasteiger charge is -2.36. The first-order valence-electron chi connectivity index (χ1n) is 10.9. The van der Waals surface area contributed by atoms with Crippen molar-refractivity contribution in [2.75, 3.05) is 18.0 Å². The van der Waals surface area contributed by atoms with Gasteiger partial charge >= 0.3 is 0 Å². The fourth-order valence-electron chi connectivity index (χ4n) is 4.59. The van der Waals surface area contributed by atoms with Gasteiger partial charge in [-0.2, -0.15) is 4.99 Å². The van der Waals surface area contributed by atoms with Gasteiger partial charge in [0, 0.05) is 30.6 Å². The molecule has 29 heavy (non-hydrogen) atoms. The fraction of sp³-hybridized carbons (Fsp3) is 0.522. The number of carbonyl (C=O) groups is 1. The van der Waals surface area contributed by atoms with E-state index in [0.717, 1.165) is 42.7 Å². The highest BCUT2D eigenvalue weighted by atomic mass is 16.1. The van der Waals surface area contributed by atoms with Crippen molar-refractivity contribution in [3.63, 3.8) is 0 Å². The molecule has 0 atom stereocenters. The number of hydrogen-bond acceptors (Lipinski definition) is 4. The molecule has 6 nitrogen and oxygen atoms in total. The number of nitrogens with zero attached hydrogens (tertiary/aromatic N) is 3. The summed E-state index contributed by atoms with van der Waals surface area (Å²) in [5.74, 6) is 0.681. The Bertz CT molecular complexity index is 891. The lowest BCUT2D eigenvalue weighted by atomic mass is 9.93. The number of aromatic nitrogens is 1. The first-order valence-corrected chi connectivity index (χ1v) is 10.9. The molecular weight excluding hydrogens is 362 g/mol. The zero-order valence-electron chi connectivity index (χ0n) is 17.2. The van der Waals surface area contributed by atoms with Gasteiger partial charge in [-0.1, -0.05) is 37.5 Å². The summed E-state index contributed by atoms with van der Waals surface area (Å²) in [5.41, 5.74) is 7.10. The van der Waals surface area contributed by atoms with Crippen molar-refractivity contribution in [2.24, 2.45) is 10.7 Å². The third-order valence-corrected chi connectivity index (χ3v) is 6.08. The molecule has 0 unspecified atom stereocenters. The van der Waals surface area contributed by atoms with Crippen LogP contribution in [0.5, 0.6) is 0 Å². The molecule has 2 aromatic rings. The summed E-state index contributed by atoms with van der Waals surface area (Å²) in [5, 5.41) is 4.81. The molecule has 2 aliphatic rings. The highest BCUT2D eigenvalue weighted by Gasteiger charge is 2.26. The van der Waals surface area contributed by atoms with E-state index in [0.29, 0.717) is 17.6 Å². The number of fused-ring (bicyclic) bond motifs is 1. The quantitative estimate of drug-likeness (QED) is 0.612. The number of para-hydroxylation sites is 1. The molecule has 6 heteroatoms. The van der Waals surface area contributed by atoms with Crippen molar-refractivity contribution in [3.8, 4) is 0 Å². The number of carbonyl (C=O) groups excluding carboxylic acids is 1. The van der Waals surface area contributed by atoms with E-state index in [-0.39, 0.29) is 11.7 Å². The van der Waals surface area contributed by atoms with E-state index in [1.807, 2.05) is 30.3 Å². The molecular formula is C23H31N5O. The number of pyridine rings is 1. The largest absolute Gasteiger partial charge is 0.387 e. The maximum atomic E-state index is 12.7. The van der Waals surface area contributed by atoms with E-state index in [1.165, 1.54) is 32.1 Å². The summed E-state index contributed by atoms with van der Waals surface area (Å²) >= 11 is 0. The Morgan fingerprint density at radius 1 is 1.10 bits per heavy atom. The molecule has 0 bridgehead atoms. The number of hydrogen-bond donors (Lipinski definition) is 2. The van der Waals surface area contributed by atoms with Gasteiger partial charge in [0.2, 0.25) is 0 Å². The third-order valence-electron chi connectivity index (χ3n) is 6.08. The summed E-state index contributed by atoms with van der Waals surface area (Å²) in [6.45, 7) is 3.41. The second-order valence-corrected chi connectivity index (χ2v) is 8.37. The smallest absolute Gasteiger partial charge is 0.282 e. The Labute approximate surface area is 172 Å². The number of piperidine rings is 1. The van der Waals surface area contributed by atoms with Crippen LogP contribution in [0.2, 0.25) is 0 Å². The molecule has 3 N–H and O–H groups in total. The van der Waals surface area contributed by atoms with E-state index in [9.17, 15) is 4.79 Å². The van der Waals surface area contributed by atoms with Crippen LogP contribution in [0.4, 0.5) is 5.82 Å². The van der Waals surface area contributed by atoms with Crippen LogP contribution in [0.3, 0.4) is 0 Å². The number of amides is 1. The topological polar surface area (TPSA) is 83.6 Å². The van der Waals surface area contributed by atoms with Crippen molar-refractivity contribution in [1.82, 2.24) is 10.3 Å². The molecule has 1 aliphatic carbocycles. The minimum Gasteiger partial charge on any atom is -0.387 e. The van der Waals surface area contributed by atoms with Gasteiger partial charge in [-0.25, -0.2) is 4.98 Å². The van der Waals surface area contributed by atoms with Gasteiger partial charge in [-0.15, -0.1) is 0 Å². The molecule has 0 spiro atoms. The normalized spacial score (nSPS) is 19.6. The number of aliphatic imine (C=N–C) groups is 1. The van der Waals surface area contributed by atoms with Crippen LogP contribution in [-0.2, 0) is 0 Å². The van der Waals surface area contributed by atoms with Gasteiger partial charge in [0.1, 0.15) is 11.7 Å². The summed E-state index contributed by atoms with van der Waals surface area (Å²) in [6.07, 6.45) is 8.83. The van der Waals surface area contributed by atoms with Crippen molar-refractivity contribution in [2.45, 2.75) is 64.0 Å². The van der Waals surface area contributed by atoms with Crippen LogP contribution in [0.25, 0.3) is 10.9 Å². The van der Waals surface area contributed by atoms with E-state index < -0.39 is 0 Å². The lowest BCUT2D eigenvalue weighted by Crippen LogP contribution is -2.47. The van der Waals surface area contributed by atoms with Gasteiger partial charge in [0.05, 0.1) is 11.1 Å². The maximum absolute atomic E-state index is 12.7. The molecule has 2 heterocycles. The van der Waals surface area contributed by atoms with Crippen LogP contribution >= 0.6 is 0 Å². The summed E-state index contributed by atoms with van der Waals surface area (Å²) in [6, 6.07) is 11.0. The Morgan fingerprint density at radius 3 is 2.52 bits per heavy atom. The summed E-state index contributed by atoms with van der Waals surface area (Å²) in [4.78, 5) is 23.8. The van der Waals surface area contributed by atoms with Crippen LogP contribution in [0.1, 0.15) is 62.2 Å². The Hall–Kier alpha value is -2.47. The molecule has 1 aromatic heterocycles. The van der Waals surface area contributed by atoms with Crippen molar-refractivity contribution >= 4 is 28.5 Å². The van der Waals surface area contributed by atoms with Crippen molar-refractivity contribution in [1.29, 1.82) is 0 Å². The Morgan fingerprint density at radius 2 is 1.79 bits per heavy atom. The number of amidine groups is 1. The lowest BCUT2D eigenvalue weighted by molar-refractivity contribution is 0.100. The average Bonchev–Trinajstić information content (AvgIpc) is 2.73. The Balaban J connectivity index is 1.53. The highest BCUT2D eigenvalue weighted by molar-refractivity contribution is 6.07. The molecule has 1 amide bonds. The number of anilines is 1. The predicted octanol–water partition coefficient (Wildman–Crippen LogP) is 3.64. The van der Waals surface area contributed by atoms with E-state index in [2.05, 4.69) is 15.2 Å². The molecule has 1 aromatic carbocycles. The second kappa shape index (κ2) is 8.91. The number of nitrogens with one attached hydrogen (secondary N) is 1. The zero-order chi connectivity index (χ0) is 20.2. The SMILES string of the molecule is CC(N)=NC(=O)c1cc2ccccc2nc1N1CCC(NC2CCCCC2)CC1. The predicted molar refractivity (Wildman–Crippen MR) is 119 cm³/mol. The van der Waals surface area contributed by atoms with E-state index >= 15 is 0 Å². The number of benzene rings is 1. The minimum atomic E-state index is -0.319. The van der Waals surface area contributed by atoms with E-state index in [4.69, 9.17) is 10.7 Å². The molecule has 1 aliphatic heterocycles. The molecule has 4 rings (SSSR count). The van der Waals surface area contributed by atoms with Crippen LogP contribution in [0, 0.1) is 0 Å². The van der Waals surface area contributed by atoms with Gasteiger partial charge in [-0.05, 0) is 44.7 Å². The monoisotopic (exact) mass is 393 g/mol. The highest BCUT2D eigenvalue weighted by Crippen LogP contribution is 2.28. The second-order valence-electron chi connectivity index (χ2n) is 8.37. The van der Waals surface area contributed by atoms with Crippen LogP contribution in [0.15, 0.2) is 35.3 Å². The van der Waals surface area contributed by atoms with Gasteiger partial charge in [0.25, 0.3) is 5.91 Å². The minimum absolute atomic E-state index is 0.268. The van der Waals surface area contributed by atoms with E-state index in [1.54, 1.807) is 6.92 Å². The summed E-state index contributed by atoms with van der Waals surface area (Å²) in [7, 11) is 0. The molecule has 0 radical (unpaired) electrons. The van der Waals surface area contributed by atoms with Gasteiger partial charge in [-0.3, -0.25) is 4.79 Å². The van der Waals surface area contributed by atoms with Crippen molar-refractivity contribution in [3.05, 3.63) is 35.9 Å². The number of rotatable bonds is 4. The molecule has 154 valence electrons. The zero-order valence-corrected chi connectivity index (χ0v) is 17.2. The first kappa shape index (κ1) is 19.8. The van der Waals surface area contributed by atoms with Gasteiger partial charge < -0.3 is 16.0 Å². The standard InChI is InChI=1S/C23H31N5O/c1-16(24)25-23(29)20-15-17-7-5-6-10-21(17)27-22(20)28-13-11-19(12-14-28)26-18-8-3-2-4-9-18/h5-7,10,15,18-19,26H,2-4,8-9,11-14H2,1H3,(H2,24,25,29). The Kier molecular flexibility index (Phi) is 6.09. The fourth-order valence-corrected chi connectivity index (χ4v) is 4.59. The first-order chi connectivity index (χ1) is 14.1. The van der Waals surface area contributed by atoms with Crippen molar-refractivity contribution < 1.29 is 4.79 Å². The van der Waals surface area contributed by atoms with Gasteiger partial charge in [0.15, 0.2) is 0 Å². The molecule has 2 fully saturated rings. The third kappa shape index (κ3) is 4.75. The molecule has 1 saturated carbocycles. The molecule has 1 saturated heterocycles. The maximum Gasteiger partial charge on any atom is 0.282 e. The number of nitrogens with two attached hydrogens (primary N) is 1. The van der Waals surface area contributed by atoms with Crippen LogP contribution in [-0.4, -0.2) is 41.9 Å². The van der Waals surface area contributed by atoms with Crippen LogP contribution < -0.4 is 16.0 Å². The summed E-state index contributed by atoms with van der Waals surface area (Å²) < 4.78 is 0. The average molecular weight is 394 g/mol.